The Labute approximate surface area is 112 Å². The van der Waals surface area contributed by atoms with Crippen molar-refractivity contribution in [3.8, 4) is 0 Å². The van der Waals surface area contributed by atoms with Gasteiger partial charge < -0.3 is 10.2 Å². The summed E-state index contributed by atoms with van der Waals surface area (Å²) in [6.45, 7) is 0. The maximum atomic E-state index is 12.5. The molecular formula is C12H18F6O2. The first-order valence-corrected chi connectivity index (χ1v) is 6.35. The van der Waals surface area contributed by atoms with Gasteiger partial charge in [-0.05, 0) is 43.4 Å². The van der Waals surface area contributed by atoms with Crippen molar-refractivity contribution in [1.29, 1.82) is 0 Å². The number of aliphatic hydroxyl groups excluding tert-OH is 1. The third-order valence-electron chi connectivity index (χ3n) is 4.38. The van der Waals surface area contributed by atoms with E-state index in [2.05, 4.69) is 0 Å². The van der Waals surface area contributed by atoms with Crippen LogP contribution in [0.25, 0.3) is 0 Å². The molecular weight excluding hydrogens is 290 g/mol. The zero-order valence-corrected chi connectivity index (χ0v) is 10.9. The van der Waals surface area contributed by atoms with E-state index in [9.17, 15) is 26.3 Å². The lowest BCUT2D eigenvalue weighted by molar-refractivity contribution is -0.373. The molecule has 0 aliphatic heterocycles. The second-order valence-corrected chi connectivity index (χ2v) is 5.49. The molecule has 2 N–H and O–H groups in total. The summed E-state index contributed by atoms with van der Waals surface area (Å²) >= 11 is 0. The van der Waals surface area contributed by atoms with Crippen molar-refractivity contribution in [3.63, 3.8) is 0 Å². The highest BCUT2D eigenvalue weighted by molar-refractivity contribution is 5.00. The SMILES string of the molecule is CO.OC(CC1CC2CCC1C2)(C(F)(F)F)C(F)(F)F. The molecule has 0 saturated heterocycles. The van der Waals surface area contributed by atoms with Gasteiger partial charge in [0.1, 0.15) is 0 Å². The summed E-state index contributed by atoms with van der Waals surface area (Å²) in [7, 11) is 1.00. The molecule has 0 aromatic heterocycles. The molecule has 2 rings (SSSR count). The predicted molar refractivity (Wildman–Crippen MR) is 58.8 cm³/mol. The van der Waals surface area contributed by atoms with Gasteiger partial charge in [-0.1, -0.05) is 6.42 Å². The predicted octanol–water partition coefficient (Wildman–Crippen LogP) is 3.28. The second-order valence-electron chi connectivity index (χ2n) is 5.49. The van der Waals surface area contributed by atoms with E-state index >= 15 is 0 Å². The summed E-state index contributed by atoms with van der Waals surface area (Å²) in [6, 6.07) is 0. The molecule has 8 heteroatoms. The van der Waals surface area contributed by atoms with E-state index in [4.69, 9.17) is 10.2 Å². The number of aliphatic hydroxyl groups is 2. The van der Waals surface area contributed by atoms with Crippen LogP contribution in [-0.4, -0.2) is 35.3 Å². The maximum absolute atomic E-state index is 12.5. The Balaban J connectivity index is 0.000000956. The Hall–Kier alpha value is -0.500. The Morgan fingerprint density at radius 1 is 0.900 bits per heavy atom. The number of rotatable bonds is 2. The molecule has 0 amide bonds. The molecule has 2 aliphatic rings. The van der Waals surface area contributed by atoms with Crippen molar-refractivity contribution < 1.29 is 36.6 Å². The van der Waals surface area contributed by atoms with Crippen molar-refractivity contribution in [2.24, 2.45) is 17.8 Å². The average molecular weight is 308 g/mol. The Bertz CT molecular complexity index is 311. The van der Waals surface area contributed by atoms with Gasteiger partial charge in [-0.3, -0.25) is 0 Å². The minimum atomic E-state index is -5.67. The lowest BCUT2D eigenvalue weighted by atomic mass is 9.79. The second kappa shape index (κ2) is 5.71. The van der Waals surface area contributed by atoms with E-state index in [1.54, 1.807) is 0 Å². The summed E-state index contributed by atoms with van der Waals surface area (Å²) in [4.78, 5) is 0. The molecule has 2 bridgehead atoms. The Morgan fingerprint density at radius 2 is 1.40 bits per heavy atom. The normalized spacial score (nSPS) is 30.1. The number of hydrogen-bond acceptors (Lipinski definition) is 2. The van der Waals surface area contributed by atoms with E-state index in [1.807, 2.05) is 0 Å². The molecule has 3 unspecified atom stereocenters. The molecule has 20 heavy (non-hydrogen) atoms. The number of alkyl halides is 6. The lowest BCUT2D eigenvalue weighted by Gasteiger charge is -2.36. The van der Waals surface area contributed by atoms with Gasteiger partial charge in [0.25, 0.3) is 5.60 Å². The zero-order valence-electron chi connectivity index (χ0n) is 10.9. The lowest BCUT2D eigenvalue weighted by Crippen LogP contribution is -2.58. The Kier molecular flexibility index (Phi) is 5.01. The van der Waals surface area contributed by atoms with Crippen molar-refractivity contribution in [2.75, 3.05) is 7.11 Å². The van der Waals surface area contributed by atoms with Crippen molar-refractivity contribution >= 4 is 0 Å². The van der Waals surface area contributed by atoms with E-state index < -0.39 is 30.3 Å². The first kappa shape index (κ1) is 17.6. The van der Waals surface area contributed by atoms with Crippen LogP contribution in [0.1, 0.15) is 32.1 Å². The van der Waals surface area contributed by atoms with Crippen molar-refractivity contribution in [1.82, 2.24) is 0 Å². The van der Waals surface area contributed by atoms with Gasteiger partial charge in [0.15, 0.2) is 0 Å². The van der Waals surface area contributed by atoms with Gasteiger partial charge >= 0.3 is 12.4 Å². The highest BCUT2D eigenvalue weighted by atomic mass is 19.4. The minimum Gasteiger partial charge on any atom is -0.400 e. The summed E-state index contributed by atoms with van der Waals surface area (Å²) in [6.07, 6.45) is -9.95. The first-order chi connectivity index (χ1) is 9.04. The van der Waals surface area contributed by atoms with Gasteiger partial charge in [-0.2, -0.15) is 26.3 Å². The molecule has 0 radical (unpaired) electrons. The van der Waals surface area contributed by atoms with Gasteiger partial charge in [0.05, 0.1) is 0 Å². The van der Waals surface area contributed by atoms with Crippen LogP contribution in [0.2, 0.25) is 0 Å². The van der Waals surface area contributed by atoms with Crippen LogP contribution in [0.5, 0.6) is 0 Å². The molecule has 0 aromatic rings. The molecule has 0 spiro atoms. The topological polar surface area (TPSA) is 40.5 Å². The molecule has 120 valence electrons. The van der Waals surface area contributed by atoms with Crippen LogP contribution in [0.3, 0.4) is 0 Å². The summed E-state index contributed by atoms with van der Waals surface area (Å²) in [5.74, 6) is -0.519. The summed E-state index contributed by atoms with van der Waals surface area (Å²) < 4.78 is 75.2. The summed E-state index contributed by atoms with van der Waals surface area (Å²) in [5, 5.41) is 16.1. The average Bonchev–Trinajstić information content (AvgIpc) is 2.90. The smallest absolute Gasteiger partial charge is 0.400 e. The maximum Gasteiger partial charge on any atom is 0.426 e. The van der Waals surface area contributed by atoms with Gasteiger partial charge in [0.2, 0.25) is 0 Å². The van der Waals surface area contributed by atoms with E-state index in [1.165, 1.54) is 0 Å². The van der Waals surface area contributed by atoms with Crippen LogP contribution in [-0.2, 0) is 0 Å². The first-order valence-electron chi connectivity index (χ1n) is 6.35. The quantitative estimate of drug-likeness (QED) is 0.769. The molecule has 2 aliphatic carbocycles. The minimum absolute atomic E-state index is 0.0915. The van der Waals surface area contributed by atoms with Gasteiger partial charge in [-0.25, -0.2) is 0 Å². The standard InChI is InChI=1S/C11H14F6O.CH4O/c12-10(13,14)9(18,11(15,16)17)5-8-4-6-1-2-7(8)3-6;1-2/h6-8,18H,1-5H2;2H,1H3. The molecule has 3 atom stereocenters. The molecule has 2 nitrogen and oxygen atoms in total. The molecule has 0 heterocycles. The largest absolute Gasteiger partial charge is 0.426 e. The van der Waals surface area contributed by atoms with Crippen LogP contribution >= 0.6 is 0 Å². The fourth-order valence-corrected chi connectivity index (χ4v) is 3.40. The number of halogens is 6. The number of fused-ring (bicyclic) bond motifs is 2. The van der Waals surface area contributed by atoms with Crippen LogP contribution in [0.4, 0.5) is 26.3 Å². The molecule has 0 aromatic carbocycles. The molecule has 2 fully saturated rings. The van der Waals surface area contributed by atoms with Crippen molar-refractivity contribution in [2.45, 2.75) is 50.1 Å². The highest BCUT2D eigenvalue weighted by Crippen LogP contribution is 2.55. The fourth-order valence-electron chi connectivity index (χ4n) is 3.40. The van der Waals surface area contributed by atoms with Gasteiger partial charge in [0, 0.05) is 7.11 Å². The van der Waals surface area contributed by atoms with E-state index in [0.29, 0.717) is 19.3 Å². The third-order valence-corrected chi connectivity index (χ3v) is 4.38. The van der Waals surface area contributed by atoms with Gasteiger partial charge in [-0.15, -0.1) is 0 Å². The van der Waals surface area contributed by atoms with E-state index in [0.717, 1.165) is 13.5 Å². The monoisotopic (exact) mass is 308 g/mol. The number of hydrogen-bond donors (Lipinski definition) is 2. The third kappa shape index (κ3) is 3.05. The summed E-state index contributed by atoms with van der Waals surface area (Å²) in [5.41, 5.74) is -4.56. The highest BCUT2D eigenvalue weighted by Gasteiger charge is 2.71. The zero-order chi connectivity index (χ0) is 15.8. The molecule has 2 saturated carbocycles. The van der Waals surface area contributed by atoms with Crippen LogP contribution < -0.4 is 0 Å². The van der Waals surface area contributed by atoms with Crippen LogP contribution in [0, 0.1) is 17.8 Å². The van der Waals surface area contributed by atoms with Crippen molar-refractivity contribution in [3.05, 3.63) is 0 Å². The van der Waals surface area contributed by atoms with E-state index in [-0.39, 0.29) is 11.8 Å². The Morgan fingerprint density at radius 3 is 1.70 bits per heavy atom. The van der Waals surface area contributed by atoms with Crippen LogP contribution in [0.15, 0.2) is 0 Å². The fraction of sp³-hybridized carbons (Fsp3) is 1.00.